The van der Waals surface area contributed by atoms with Crippen LogP contribution < -0.4 is 10.4 Å². The number of aromatic amines is 1. The molecular formula is C18H16N2O3. The number of phenols is 1. The van der Waals surface area contributed by atoms with E-state index in [-0.39, 0.29) is 5.75 Å². The molecular weight excluding hydrogens is 292 g/mol. The number of benzene rings is 2. The summed E-state index contributed by atoms with van der Waals surface area (Å²) in [4.78, 5) is 18.6. The number of aromatic hydroxyl groups is 1. The molecule has 0 fully saturated rings. The molecule has 5 heteroatoms. The van der Waals surface area contributed by atoms with E-state index < -0.39 is 5.69 Å². The second-order valence-electron chi connectivity index (χ2n) is 5.21. The number of rotatable bonds is 3. The molecule has 3 rings (SSSR count). The van der Waals surface area contributed by atoms with Gasteiger partial charge < -0.3 is 14.8 Å². The first-order chi connectivity index (χ1) is 11.1. The Labute approximate surface area is 133 Å². The maximum atomic E-state index is 11.9. The van der Waals surface area contributed by atoms with Crippen LogP contribution in [0.3, 0.4) is 0 Å². The van der Waals surface area contributed by atoms with Gasteiger partial charge in [-0.05, 0) is 66.6 Å². The van der Waals surface area contributed by atoms with Gasteiger partial charge in [0.2, 0.25) is 0 Å². The molecule has 0 aliphatic rings. The van der Waals surface area contributed by atoms with Crippen molar-refractivity contribution in [2.24, 2.45) is 0 Å². The lowest BCUT2D eigenvalue weighted by molar-refractivity contribution is 0.415. The highest BCUT2D eigenvalue weighted by molar-refractivity contribution is 5.68. The molecule has 2 aromatic carbocycles. The largest absolute Gasteiger partial charge is 0.508 e. The Morgan fingerprint density at radius 3 is 2.39 bits per heavy atom. The van der Waals surface area contributed by atoms with E-state index in [1.54, 1.807) is 32.2 Å². The number of hydrogen-bond donors (Lipinski definition) is 2. The minimum Gasteiger partial charge on any atom is -0.508 e. The Morgan fingerprint density at radius 2 is 1.74 bits per heavy atom. The zero-order valence-electron chi connectivity index (χ0n) is 12.8. The molecule has 0 aliphatic heterocycles. The number of H-pyrrole nitrogens is 1. The van der Waals surface area contributed by atoms with Crippen LogP contribution in [0, 0.1) is 6.92 Å². The number of methoxy groups -OCH3 is 1. The fourth-order valence-electron chi connectivity index (χ4n) is 2.35. The highest BCUT2D eigenvalue weighted by atomic mass is 16.5. The van der Waals surface area contributed by atoms with E-state index in [0.717, 1.165) is 22.4 Å². The average molecular weight is 308 g/mol. The number of nitrogens with zero attached hydrogens (tertiary/aromatic N) is 1. The summed E-state index contributed by atoms with van der Waals surface area (Å²) >= 11 is 0. The molecule has 0 aliphatic carbocycles. The molecule has 23 heavy (non-hydrogen) atoms. The van der Waals surface area contributed by atoms with Crippen LogP contribution >= 0.6 is 0 Å². The molecule has 0 spiro atoms. The zero-order chi connectivity index (χ0) is 16.4. The van der Waals surface area contributed by atoms with Gasteiger partial charge in [0.05, 0.1) is 18.5 Å². The second kappa shape index (κ2) is 5.96. The Hall–Kier alpha value is -3.08. The van der Waals surface area contributed by atoms with Crippen molar-refractivity contribution < 1.29 is 9.84 Å². The first-order valence-corrected chi connectivity index (χ1v) is 7.12. The van der Waals surface area contributed by atoms with Gasteiger partial charge in [-0.25, -0.2) is 4.79 Å². The van der Waals surface area contributed by atoms with Gasteiger partial charge in [0.25, 0.3) is 0 Å². The summed E-state index contributed by atoms with van der Waals surface area (Å²) in [7, 11) is 1.61. The molecule has 2 N–H and O–H groups in total. The standard InChI is InChI=1S/C18H16N2O3/c1-11-9-13(5-8-17(11)21)16-10-15(19-18(22)20-16)12-3-6-14(23-2)7-4-12/h3-10,21H,1-2H3,(H,19,20,22). The molecule has 1 aromatic heterocycles. The van der Waals surface area contributed by atoms with Crippen molar-refractivity contribution in [3.05, 3.63) is 64.6 Å². The highest BCUT2D eigenvalue weighted by Gasteiger charge is 2.07. The molecule has 3 aromatic rings. The summed E-state index contributed by atoms with van der Waals surface area (Å²) in [5.74, 6) is 0.966. The van der Waals surface area contributed by atoms with E-state index in [2.05, 4.69) is 9.97 Å². The minimum absolute atomic E-state index is 0.217. The van der Waals surface area contributed by atoms with E-state index in [9.17, 15) is 9.90 Å². The predicted octanol–water partition coefficient (Wildman–Crippen LogP) is 3.13. The second-order valence-corrected chi connectivity index (χ2v) is 5.21. The Morgan fingerprint density at radius 1 is 1.04 bits per heavy atom. The molecule has 0 amide bonds. The Balaban J connectivity index is 2.07. The molecule has 0 bridgehead atoms. The molecule has 0 saturated heterocycles. The number of phenolic OH excluding ortho intramolecular Hbond substituents is 1. The van der Waals surface area contributed by atoms with Gasteiger partial charge in [0.1, 0.15) is 11.5 Å². The van der Waals surface area contributed by atoms with Gasteiger partial charge in [0.15, 0.2) is 0 Å². The molecule has 5 nitrogen and oxygen atoms in total. The monoisotopic (exact) mass is 308 g/mol. The van der Waals surface area contributed by atoms with E-state index >= 15 is 0 Å². The normalized spacial score (nSPS) is 10.5. The number of aryl methyl sites for hydroxylation is 1. The summed E-state index contributed by atoms with van der Waals surface area (Å²) < 4.78 is 5.14. The maximum Gasteiger partial charge on any atom is 0.345 e. The maximum absolute atomic E-state index is 11.9. The van der Waals surface area contributed by atoms with E-state index in [1.807, 2.05) is 30.3 Å². The van der Waals surface area contributed by atoms with Crippen molar-refractivity contribution >= 4 is 0 Å². The SMILES string of the molecule is COc1ccc(-c2cc(-c3ccc(O)c(C)c3)nc(=O)[nH]2)cc1. The van der Waals surface area contributed by atoms with E-state index in [4.69, 9.17) is 4.74 Å². The quantitative estimate of drug-likeness (QED) is 0.779. The number of ether oxygens (including phenoxy) is 1. The van der Waals surface area contributed by atoms with Crippen LogP contribution in [-0.2, 0) is 0 Å². The average Bonchev–Trinajstić information content (AvgIpc) is 2.57. The predicted molar refractivity (Wildman–Crippen MR) is 88.7 cm³/mol. The van der Waals surface area contributed by atoms with Gasteiger partial charge in [-0.1, -0.05) is 0 Å². The highest BCUT2D eigenvalue weighted by Crippen LogP contribution is 2.26. The lowest BCUT2D eigenvalue weighted by Gasteiger charge is -2.07. The third-order valence-corrected chi connectivity index (χ3v) is 3.64. The van der Waals surface area contributed by atoms with Crippen LogP contribution in [0.2, 0.25) is 0 Å². The van der Waals surface area contributed by atoms with Crippen LogP contribution in [0.15, 0.2) is 53.3 Å². The van der Waals surface area contributed by atoms with E-state index in [0.29, 0.717) is 11.4 Å². The first kappa shape index (κ1) is 14.8. The summed E-state index contributed by atoms with van der Waals surface area (Å²) in [5, 5.41) is 9.63. The fraction of sp³-hybridized carbons (Fsp3) is 0.111. The van der Waals surface area contributed by atoms with E-state index in [1.165, 1.54) is 0 Å². The molecule has 0 radical (unpaired) electrons. The topological polar surface area (TPSA) is 75.2 Å². The van der Waals surface area contributed by atoms with Crippen molar-refractivity contribution in [1.29, 1.82) is 0 Å². The summed E-state index contributed by atoms with van der Waals surface area (Å²) in [5.41, 5.74) is 3.19. The van der Waals surface area contributed by atoms with Gasteiger partial charge in [0, 0.05) is 5.56 Å². The number of aromatic nitrogens is 2. The fourth-order valence-corrected chi connectivity index (χ4v) is 2.35. The number of nitrogens with one attached hydrogen (secondary N) is 1. The third kappa shape index (κ3) is 3.08. The smallest absolute Gasteiger partial charge is 0.345 e. The van der Waals surface area contributed by atoms with Crippen molar-refractivity contribution in [3.8, 4) is 34.0 Å². The summed E-state index contributed by atoms with van der Waals surface area (Å²) in [6.07, 6.45) is 0. The minimum atomic E-state index is -0.418. The zero-order valence-corrected chi connectivity index (χ0v) is 12.8. The van der Waals surface area contributed by atoms with Crippen LogP contribution in [0.4, 0.5) is 0 Å². The van der Waals surface area contributed by atoms with Crippen molar-refractivity contribution in [2.75, 3.05) is 7.11 Å². The third-order valence-electron chi connectivity index (χ3n) is 3.64. The molecule has 0 unspecified atom stereocenters. The first-order valence-electron chi connectivity index (χ1n) is 7.12. The van der Waals surface area contributed by atoms with Gasteiger partial charge >= 0.3 is 5.69 Å². The molecule has 116 valence electrons. The van der Waals surface area contributed by atoms with Crippen LogP contribution in [-0.4, -0.2) is 22.2 Å². The Kier molecular flexibility index (Phi) is 3.85. The van der Waals surface area contributed by atoms with Gasteiger partial charge in [-0.3, -0.25) is 0 Å². The molecule has 1 heterocycles. The number of hydrogen-bond acceptors (Lipinski definition) is 4. The van der Waals surface area contributed by atoms with Crippen LogP contribution in [0.25, 0.3) is 22.5 Å². The lowest BCUT2D eigenvalue weighted by Crippen LogP contribution is -2.11. The molecule has 0 saturated carbocycles. The summed E-state index contributed by atoms with van der Waals surface area (Å²) in [6, 6.07) is 14.4. The Bertz CT molecular complexity index is 899. The van der Waals surface area contributed by atoms with Crippen molar-refractivity contribution in [3.63, 3.8) is 0 Å². The van der Waals surface area contributed by atoms with Crippen LogP contribution in [0.5, 0.6) is 11.5 Å². The molecule has 0 atom stereocenters. The van der Waals surface area contributed by atoms with Crippen LogP contribution in [0.1, 0.15) is 5.56 Å². The van der Waals surface area contributed by atoms with Crippen molar-refractivity contribution in [1.82, 2.24) is 9.97 Å². The summed E-state index contributed by atoms with van der Waals surface area (Å²) in [6.45, 7) is 1.80. The van der Waals surface area contributed by atoms with Gasteiger partial charge in [-0.15, -0.1) is 0 Å². The lowest BCUT2D eigenvalue weighted by atomic mass is 10.1. The van der Waals surface area contributed by atoms with Gasteiger partial charge in [-0.2, -0.15) is 4.98 Å². The van der Waals surface area contributed by atoms with Crippen molar-refractivity contribution in [2.45, 2.75) is 6.92 Å².